The first-order valence-electron chi connectivity index (χ1n) is 6.38. The molecule has 0 spiro atoms. The van der Waals surface area contributed by atoms with Crippen LogP contribution < -0.4 is 10.6 Å². The number of amidine groups is 1. The fraction of sp³-hybridized carbons (Fsp3) is 0.188. The number of nitrogens with one attached hydrogen (secondary N) is 1. The number of nitrogens with two attached hydrogens (primary N) is 1. The van der Waals surface area contributed by atoms with Crippen LogP contribution in [0.1, 0.15) is 16.7 Å². The normalized spacial score (nSPS) is 10.3. The summed E-state index contributed by atoms with van der Waals surface area (Å²) < 4.78 is 0. The summed E-state index contributed by atoms with van der Waals surface area (Å²) in [6.07, 6.45) is 0. The van der Waals surface area contributed by atoms with Gasteiger partial charge in [-0.05, 0) is 30.7 Å². The maximum atomic E-state index is 7.43. The number of hydrogen-bond donors (Lipinski definition) is 2. The van der Waals surface area contributed by atoms with Gasteiger partial charge in [0.1, 0.15) is 5.84 Å². The molecule has 3 nitrogen and oxygen atoms in total. The van der Waals surface area contributed by atoms with Gasteiger partial charge in [-0.2, -0.15) is 0 Å². The van der Waals surface area contributed by atoms with Gasteiger partial charge >= 0.3 is 0 Å². The maximum Gasteiger partial charge on any atom is 0.124 e. The first-order valence-corrected chi connectivity index (χ1v) is 6.76. The van der Waals surface area contributed by atoms with Gasteiger partial charge in [-0.15, -0.1) is 0 Å². The van der Waals surface area contributed by atoms with E-state index in [1.54, 1.807) is 6.07 Å². The third-order valence-corrected chi connectivity index (χ3v) is 3.54. The van der Waals surface area contributed by atoms with Crippen LogP contribution in [-0.2, 0) is 6.54 Å². The highest BCUT2D eigenvalue weighted by molar-refractivity contribution is 6.34. The fourth-order valence-electron chi connectivity index (χ4n) is 2.02. The highest BCUT2D eigenvalue weighted by atomic mass is 35.5. The van der Waals surface area contributed by atoms with Crippen molar-refractivity contribution in [3.8, 4) is 0 Å². The van der Waals surface area contributed by atoms with Gasteiger partial charge in [0.2, 0.25) is 0 Å². The molecule has 104 valence electrons. The molecule has 0 saturated carbocycles. The van der Waals surface area contributed by atoms with E-state index in [9.17, 15) is 0 Å². The molecule has 0 radical (unpaired) electrons. The summed E-state index contributed by atoms with van der Waals surface area (Å²) in [4.78, 5) is 2.11. The average molecular weight is 288 g/mol. The average Bonchev–Trinajstić information content (AvgIpc) is 2.40. The maximum absolute atomic E-state index is 7.43. The van der Waals surface area contributed by atoms with Gasteiger partial charge in [0, 0.05) is 24.8 Å². The van der Waals surface area contributed by atoms with E-state index in [0.29, 0.717) is 10.6 Å². The Morgan fingerprint density at radius 1 is 1.20 bits per heavy atom. The van der Waals surface area contributed by atoms with Gasteiger partial charge in [-0.3, -0.25) is 5.41 Å². The van der Waals surface area contributed by atoms with E-state index < -0.39 is 0 Å². The molecule has 0 amide bonds. The third kappa shape index (κ3) is 3.31. The zero-order valence-corrected chi connectivity index (χ0v) is 12.4. The van der Waals surface area contributed by atoms with E-state index in [1.807, 2.05) is 19.2 Å². The molecule has 2 aromatic carbocycles. The molecule has 0 bridgehead atoms. The SMILES string of the molecule is Cc1ccc(CN(C)c2ccc(C(=N)N)c(Cl)c2)cc1. The molecule has 3 N–H and O–H groups in total. The summed E-state index contributed by atoms with van der Waals surface area (Å²) in [6.45, 7) is 2.88. The molecule has 0 aliphatic rings. The fourth-order valence-corrected chi connectivity index (χ4v) is 2.30. The van der Waals surface area contributed by atoms with E-state index in [4.69, 9.17) is 22.7 Å². The lowest BCUT2D eigenvalue weighted by Crippen LogP contribution is -2.17. The molecule has 0 heterocycles. The third-order valence-electron chi connectivity index (χ3n) is 3.22. The van der Waals surface area contributed by atoms with Crippen molar-refractivity contribution in [2.75, 3.05) is 11.9 Å². The van der Waals surface area contributed by atoms with E-state index in [1.165, 1.54) is 11.1 Å². The molecule has 0 aromatic heterocycles. The zero-order chi connectivity index (χ0) is 14.7. The Morgan fingerprint density at radius 2 is 1.85 bits per heavy atom. The van der Waals surface area contributed by atoms with Gasteiger partial charge in [0.05, 0.1) is 5.02 Å². The van der Waals surface area contributed by atoms with Crippen molar-refractivity contribution in [2.24, 2.45) is 5.73 Å². The number of hydrogen-bond acceptors (Lipinski definition) is 2. The van der Waals surface area contributed by atoms with Crippen LogP contribution in [0.5, 0.6) is 0 Å². The Bertz CT molecular complexity index is 620. The van der Waals surface area contributed by atoms with Crippen LogP contribution in [-0.4, -0.2) is 12.9 Å². The lowest BCUT2D eigenvalue weighted by Gasteiger charge is -2.20. The summed E-state index contributed by atoms with van der Waals surface area (Å²) in [5.74, 6) is -0.0114. The van der Waals surface area contributed by atoms with Crippen LogP contribution in [0.15, 0.2) is 42.5 Å². The summed E-state index contributed by atoms with van der Waals surface area (Å²) in [5.41, 5.74) is 9.53. The van der Waals surface area contributed by atoms with Crippen LogP contribution in [0.4, 0.5) is 5.69 Å². The highest BCUT2D eigenvalue weighted by Gasteiger charge is 2.07. The minimum atomic E-state index is -0.0114. The van der Waals surface area contributed by atoms with E-state index in [2.05, 4.69) is 36.1 Å². The molecule has 4 heteroatoms. The molecule has 0 fully saturated rings. The van der Waals surface area contributed by atoms with Crippen molar-refractivity contribution in [3.05, 3.63) is 64.2 Å². The molecule has 0 saturated heterocycles. The number of aryl methyl sites for hydroxylation is 1. The second-order valence-corrected chi connectivity index (χ2v) is 5.33. The lowest BCUT2D eigenvalue weighted by atomic mass is 10.1. The van der Waals surface area contributed by atoms with Crippen molar-refractivity contribution in [1.29, 1.82) is 5.41 Å². The minimum Gasteiger partial charge on any atom is -0.384 e. The van der Waals surface area contributed by atoms with Gasteiger partial charge < -0.3 is 10.6 Å². The summed E-state index contributed by atoms with van der Waals surface area (Å²) in [5, 5.41) is 7.94. The largest absolute Gasteiger partial charge is 0.384 e. The first kappa shape index (κ1) is 14.4. The number of benzene rings is 2. The van der Waals surface area contributed by atoms with Crippen LogP contribution >= 0.6 is 11.6 Å². The highest BCUT2D eigenvalue weighted by Crippen LogP contribution is 2.24. The second-order valence-electron chi connectivity index (χ2n) is 4.92. The van der Waals surface area contributed by atoms with Crippen molar-refractivity contribution in [1.82, 2.24) is 0 Å². The predicted molar refractivity (Wildman–Crippen MR) is 85.8 cm³/mol. The van der Waals surface area contributed by atoms with Gasteiger partial charge in [-0.1, -0.05) is 41.4 Å². The number of rotatable bonds is 4. The Balaban J connectivity index is 2.17. The van der Waals surface area contributed by atoms with E-state index in [-0.39, 0.29) is 5.84 Å². The molecule has 0 atom stereocenters. The molecular formula is C16H18ClN3. The standard InChI is InChI=1S/C16H18ClN3/c1-11-3-5-12(6-4-11)10-20(2)13-7-8-14(16(18)19)15(17)9-13/h3-9H,10H2,1-2H3,(H3,18,19). The molecule has 2 aromatic rings. The first-order chi connectivity index (χ1) is 9.47. The van der Waals surface area contributed by atoms with Crippen LogP contribution in [0.25, 0.3) is 0 Å². The molecule has 0 aliphatic carbocycles. The van der Waals surface area contributed by atoms with Crippen molar-refractivity contribution in [3.63, 3.8) is 0 Å². The predicted octanol–water partition coefficient (Wildman–Crippen LogP) is 3.57. The van der Waals surface area contributed by atoms with Crippen LogP contribution in [0.3, 0.4) is 0 Å². The number of anilines is 1. The number of nitrogen functional groups attached to an aromatic ring is 1. The summed E-state index contributed by atoms with van der Waals surface area (Å²) in [7, 11) is 2.01. The Hall–Kier alpha value is -2.00. The molecular weight excluding hydrogens is 270 g/mol. The molecule has 2 rings (SSSR count). The monoisotopic (exact) mass is 287 g/mol. The number of halogens is 1. The van der Waals surface area contributed by atoms with Crippen molar-refractivity contribution in [2.45, 2.75) is 13.5 Å². The minimum absolute atomic E-state index is 0.0114. The van der Waals surface area contributed by atoms with Crippen molar-refractivity contribution >= 4 is 23.1 Å². The van der Waals surface area contributed by atoms with Crippen LogP contribution in [0.2, 0.25) is 5.02 Å². The van der Waals surface area contributed by atoms with Gasteiger partial charge in [0.25, 0.3) is 0 Å². The summed E-state index contributed by atoms with van der Waals surface area (Å²) in [6, 6.07) is 14.0. The zero-order valence-electron chi connectivity index (χ0n) is 11.7. The Labute approximate surface area is 124 Å². The smallest absolute Gasteiger partial charge is 0.124 e. The van der Waals surface area contributed by atoms with Crippen LogP contribution in [0, 0.1) is 12.3 Å². The van der Waals surface area contributed by atoms with Crippen molar-refractivity contribution < 1.29 is 0 Å². The summed E-state index contributed by atoms with van der Waals surface area (Å²) >= 11 is 6.14. The molecule has 0 unspecified atom stereocenters. The quantitative estimate of drug-likeness (QED) is 0.667. The lowest BCUT2D eigenvalue weighted by molar-refractivity contribution is 0.922. The number of nitrogens with zero attached hydrogens (tertiary/aromatic N) is 1. The van der Waals surface area contributed by atoms with E-state index in [0.717, 1.165) is 12.2 Å². The Kier molecular flexibility index (Phi) is 4.30. The second kappa shape index (κ2) is 5.97. The molecule has 20 heavy (non-hydrogen) atoms. The van der Waals surface area contributed by atoms with E-state index >= 15 is 0 Å². The van der Waals surface area contributed by atoms with Gasteiger partial charge in [-0.25, -0.2) is 0 Å². The molecule has 0 aliphatic heterocycles. The Morgan fingerprint density at radius 3 is 2.40 bits per heavy atom. The van der Waals surface area contributed by atoms with Gasteiger partial charge in [0.15, 0.2) is 0 Å². The topological polar surface area (TPSA) is 53.1 Å².